The van der Waals surface area contributed by atoms with Gasteiger partial charge in [-0.05, 0) is 61.5 Å². The summed E-state index contributed by atoms with van der Waals surface area (Å²) in [4.78, 5) is 19.5. The fourth-order valence-electron chi connectivity index (χ4n) is 4.49. The van der Waals surface area contributed by atoms with Crippen LogP contribution >= 0.6 is 0 Å². The van der Waals surface area contributed by atoms with E-state index in [9.17, 15) is 15.2 Å². The molecule has 1 aromatic heterocycles. The van der Waals surface area contributed by atoms with E-state index >= 15 is 0 Å². The van der Waals surface area contributed by atoms with Crippen LogP contribution < -0.4 is 0 Å². The average molecular weight is 349 g/mol. The second kappa shape index (κ2) is 5.65. The lowest BCUT2D eigenvalue weighted by Crippen LogP contribution is -2.36. The molecule has 1 aliphatic heterocycles. The summed E-state index contributed by atoms with van der Waals surface area (Å²) < 4.78 is 0. The van der Waals surface area contributed by atoms with Gasteiger partial charge in [0.2, 0.25) is 0 Å². The Labute approximate surface area is 153 Å². The van der Waals surface area contributed by atoms with E-state index in [0.717, 1.165) is 50.0 Å². The van der Waals surface area contributed by atoms with Crippen molar-refractivity contribution in [2.45, 2.75) is 51.0 Å². The molecule has 4 aliphatic rings. The van der Waals surface area contributed by atoms with Crippen molar-refractivity contribution in [1.29, 1.82) is 5.26 Å². The molecule has 2 heterocycles. The van der Waals surface area contributed by atoms with Crippen molar-refractivity contribution < 1.29 is 9.90 Å². The molecule has 26 heavy (non-hydrogen) atoms. The van der Waals surface area contributed by atoms with Gasteiger partial charge in [-0.2, -0.15) is 5.26 Å². The van der Waals surface area contributed by atoms with Crippen molar-refractivity contribution in [3.8, 4) is 6.07 Å². The Kier molecular flexibility index (Phi) is 3.48. The highest BCUT2D eigenvalue weighted by atomic mass is 16.3. The Balaban J connectivity index is 1.55. The summed E-state index contributed by atoms with van der Waals surface area (Å²) in [5.41, 5.74) is 3.77. The van der Waals surface area contributed by atoms with Gasteiger partial charge in [0.05, 0.1) is 23.2 Å². The van der Waals surface area contributed by atoms with E-state index in [4.69, 9.17) is 4.98 Å². The molecular weight excluding hydrogens is 326 g/mol. The van der Waals surface area contributed by atoms with E-state index in [-0.39, 0.29) is 17.8 Å². The zero-order chi connectivity index (χ0) is 17.9. The number of aromatic nitrogens is 1. The maximum absolute atomic E-state index is 12.5. The molecule has 1 atom stereocenters. The first-order valence-corrected chi connectivity index (χ1v) is 9.71. The van der Waals surface area contributed by atoms with Crippen LogP contribution in [0.15, 0.2) is 17.7 Å². The zero-order valence-corrected chi connectivity index (χ0v) is 14.9. The number of allylic oxidation sites excluding steroid dienone is 1. The van der Waals surface area contributed by atoms with Crippen LogP contribution in [0.4, 0.5) is 0 Å². The van der Waals surface area contributed by atoms with Gasteiger partial charge in [0.25, 0.3) is 0 Å². The van der Waals surface area contributed by atoms with Crippen LogP contribution in [0.1, 0.15) is 61.6 Å². The predicted molar refractivity (Wildman–Crippen MR) is 95.6 cm³/mol. The van der Waals surface area contributed by atoms with Crippen LogP contribution in [-0.2, 0) is 11.2 Å². The normalized spacial score (nSPS) is 25.1. The van der Waals surface area contributed by atoms with Crippen molar-refractivity contribution in [3.05, 3.63) is 34.7 Å². The number of nitrogens with zero attached hydrogens (tertiary/aromatic N) is 3. The van der Waals surface area contributed by atoms with E-state index in [0.29, 0.717) is 22.7 Å². The molecule has 134 valence electrons. The average Bonchev–Trinajstić information content (AvgIpc) is 3.57. The molecule has 0 aromatic carbocycles. The molecule has 1 aromatic rings. The highest BCUT2D eigenvalue weighted by molar-refractivity contribution is 6.09. The summed E-state index contributed by atoms with van der Waals surface area (Å²) >= 11 is 0. The molecule has 3 aliphatic carbocycles. The topological polar surface area (TPSA) is 77.2 Å². The SMILES string of the molecule is N#CC1=C(N2CCC3(CC2)CC3)c2nc(C(O)C3CC3)ccc2CC1=O. The quantitative estimate of drug-likeness (QED) is 0.908. The van der Waals surface area contributed by atoms with Crippen molar-refractivity contribution >= 4 is 11.5 Å². The molecule has 1 unspecified atom stereocenters. The second-order valence-electron chi connectivity index (χ2n) is 8.45. The molecular formula is C21H23N3O2. The minimum Gasteiger partial charge on any atom is -0.387 e. The van der Waals surface area contributed by atoms with Gasteiger partial charge in [0.15, 0.2) is 5.78 Å². The summed E-state index contributed by atoms with van der Waals surface area (Å²) in [5.74, 6) is 0.192. The van der Waals surface area contributed by atoms with Crippen LogP contribution in [-0.4, -0.2) is 33.9 Å². The first kappa shape index (κ1) is 16.0. The Morgan fingerprint density at radius 2 is 1.96 bits per heavy atom. The lowest BCUT2D eigenvalue weighted by molar-refractivity contribution is -0.114. The summed E-state index contributed by atoms with van der Waals surface area (Å²) in [6.45, 7) is 1.76. The van der Waals surface area contributed by atoms with Crippen LogP contribution in [0.25, 0.3) is 5.70 Å². The van der Waals surface area contributed by atoms with Gasteiger partial charge in [-0.25, -0.2) is 4.98 Å². The van der Waals surface area contributed by atoms with Crippen molar-refractivity contribution in [1.82, 2.24) is 9.88 Å². The smallest absolute Gasteiger partial charge is 0.180 e. The summed E-state index contributed by atoms with van der Waals surface area (Å²) in [6.07, 6.45) is 6.66. The van der Waals surface area contributed by atoms with Gasteiger partial charge in [0, 0.05) is 19.5 Å². The molecule has 0 bridgehead atoms. The number of ketones is 1. The fourth-order valence-corrected chi connectivity index (χ4v) is 4.49. The number of rotatable bonds is 3. The van der Waals surface area contributed by atoms with Gasteiger partial charge >= 0.3 is 0 Å². The van der Waals surface area contributed by atoms with Crippen molar-refractivity contribution in [3.63, 3.8) is 0 Å². The lowest BCUT2D eigenvalue weighted by atomic mass is 9.88. The van der Waals surface area contributed by atoms with Crippen LogP contribution in [0, 0.1) is 22.7 Å². The number of carbonyl (C=O) groups is 1. The molecule has 0 amide bonds. The van der Waals surface area contributed by atoms with E-state index in [1.54, 1.807) is 0 Å². The largest absolute Gasteiger partial charge is 0.387 e. The maximum atomic E-state index is 12.5. The lowest BCUT2D eigenvalue weighted by Gasteiger charge is -2.37. The molecule has 5 heteroatoms. The van der Waals surface area contributed by atoms with Crippen LogP contribution in [0.2, 0.25) is 0 Å². The van der Waals surface area contributed by atoms with E-state index < -0.39 is 6.10 Å². The van der Waals surface area contributed by atoms with E-state index in [1.165, 1.54) is 12.8 Å². The second-order valence-corrected chi connectivity index (χ2v) is 8.45. The fraction of sp³-hybridized carbons (Fsp3) is 0.571. The van der Waals surface area contributed by atoms with E-state index in [1.807, 2.05) is 12.1 Å². The van der Waals surface area contributed by atoms with Gasteiger partial charge in [0.1, 0.15) is 11.6 Å². The molecule has 3 fully saturated rings. The molecule has 1 saturated heterocycles. The summed E-state index contributed by atoms with van der Waals surface area (Å²) in [7, 11) is 0. The third-order valence-electron chi connectivity index (χ3n) is 6.67. The number of nitriles is 1. The minimum absolute atomic E-state index is 0.112. The molecule has 1 N–H and O–H groups in total. The van der Waals surface area contributed by atoms with Crippen molar-refractivity contribution in [2.24, 2.45) is 11.3 Å². The summed E-state index contributed by atoms with van der Waals surface area (Å²) in [5, 5.41) is 20.1. The highest BCUT2D eigenvalue weighted by Crippen LogP contribution is 2.54. The highest BCUT2D eigenvalue weighted by Gasteiger charge is 2.45. The Morgan fingerprint density at radius 3 is 2.58 bits per heavy atom. The Bertz CT molecular complexity index is 848. The molecule has 5 nitrogen and oxygen atoms in total. The number of pyridine rings is 1. The maximum Gasteiger partial charge on any atom is 0.180 e. The molecule has 5 rings (SSSR count). The number of likely N-dealkylation sites (tertiary alicyclic amines) is 1. The standard InChI is InChI=1S/C21H23N3O2/c22-12-15-17(25)11-14-3-4-16(20(26)13-1-2-13)23-18(14)19(15)24-9-7-21(5-6-21)8-10-24/h3-4,13,20,26H,1-2,5-11H2. The van der Waals surface area contributed by atoms with Crippen LogP contribution in [0.3, 0.4) is 0 Å². The Hall–Kier alpha value is -2.19. The first-order valence-electron chi connectivity index (χ1n) is 9.71. The van der Waals surface area contributed by atoms with Gasteiger partial charge < -0.3 is 10.0 Å². The number of fused-ring (bicyclic) bond motifs is 1. The third kappa shape index (κ3) is 2.55. The summed E-state index contributed by atoms with van der Waals surface area (Å²) in [6, 6.07) is 5.91. The van der Waals surface area contributed by atoms with Crippen molar-refractivity contribution in [2.75, 3.05) is 13.1 Å². The number of aliphatic hydroxyl groups is 1. The van der Waals surface area contributed by atoms with Crippen LogP contribution in [0.5, 0.6) is 0 Å². The monoisotopic (exact) mass is 349 g/mol. The Morgan fingerprint density at radius 1 is 1.23 bits per heavy atom. The number of carbonyl (C=O) groups excluding carboxylic acids is 1. The number of piperidine rings is 1. The zero-order valence-electron chi connectivity index (χ0n) is 14.9. The molecule has 0 radical (unpaired) electrons. The van der Waals surface area contributed by atoms with Gasteiger partial charge in [-0.1, -0.05) is 6.07 Å². The van der Waals surface area contributed by atoms with Gasteiger partial charge in [-0.15, -0.1) is 0 Å². The third-order valence-corrected chi connectivity index (χ3v) is 6.67. The molecule has 2 saturated carbocycles. The predicted octanol–water partition coefficient (Wildman–Crippen LogP) is 2.76. The van der Waals surface area contributed by atoms with E-state index in [2.05, 4.69) is 11.0 Å². The number of Topliss-reactive ketones (excluding diaryl/α,β-unsaturated/α-hetero) is 1. The number of hydrogen-bond donors (Lipinski definition) is 1. The number of aliphatic hydroxyl groups excluding tert-OH is 1. The van der Waals surface area contributed by atoms with Gasteiger partial charge in [-0.3, -0.25) is 4.79 Å². The number of hydrogen-bond acceptors (Lipinski definition) is 5. The first-order chi connectivity index (χ1) is 12.6. The molecule has 1 spiro atoms. The minimum atomic E-state index is -0.541.